The number of anilines is 1. The quantitative estimate of drug-likeness (QED) is 0.749. The molecule has 0 aliphatic carbocycles. The molecular formula is C18H25BF3NO2. The van der Waals surface area contributed by atoms with Gasteiger partial charge in [0.05, 0.1) is 16.8 Å². The van der Waals surface area contributed by atoms with Crippen LogP contribution >= 0.6 is 0 Å². The van der Waals surface area contributed by atoms with Crippen LogP contribution in [0.15, 0.2) is 18.2 Å². The maximum Gasteiger partial charge on any atom is 0.494 e. The van der Waals surface area contributed by atoms with Crippen LogP contribution in [0.1, 0.15) is 52.5 Å². The van der Waals surface area contributed by atoms with E-state index in [0.29, 0.717) is 18.6 Å². The standard InChI is InChI=1S/C18H25BF3NO2/c1-16(2)17(3,4)25-19(24-16)13-8-9-15(14(12-13)18(20,21)22)23-10-6-5-7-11-23/h8-9,12H,5-7,10-11H2,1-4H3. The molecule has 0 aromatic heterocycles. The normalized spacial score (nSPS) is 23.2. The van der Waals surface area contributed by atoms with Gasteiger partial charge in [-0.15, -0.1) is 0 Å². The van der Waals surface area contributed by atoms with Crippen molar-refractivity contribution in [2.75, 3.05) is 18.0 Å². The molecule has 1 aromatic carbocycles. The minimum atomic E-state index is -4.41. The van der Waals surface area contributed by atoms with E-state index in [-0.39, 0.29) is 5.69 Å². The van der Waals surface area contributed by atoms with Gasteiger partial charge in [0.2, 0.25) is 0 Å². The van der Waals surface area contributed by atoms with Crippen LogP contribution in [-0.2, 0) is 15.5 Å². The number of piperidine rings is 1. The molecule has 2 saturated heterocycles. The van der Waals surface area contributed by atoms with E-state index in [1.165, 1.54) is 6.07 Å². The van der Waals surface area contributed by atoms with Crippen molar-refractivity contribution in [2.24, 2.45) is 0 Å². The Labute approximate surface area is 147 Å². The van der Waals surface area contributed by atoms with Gasteiger partial charge in [-0.25, -0.2) is 0 Å². The Morgan fingerprint density at radius 2 is 1.52 bits per heavy atom. The van der Waals surface area contributed by atoms with Crippen molar-refractivity contribution in [3.05, 3.63) is 23.8 Å². The summed E-state index contributed by atoms with van der Waals surface area (Å²) in [6.45, 7) is 8.89. The van der Waals surface area contributed by atoms with E-state index in [1.54, 1.807) is 12.1 Å². The first-order valence-electron chi connectivity index (χ1n) is 8.83. The maximum atomic E-state index is 13.7. The lowest BCUT2D eigenvalue weighted by Gasteiger charge is -2.32. The molecule has 7 heteroatoms. The highest BCUT2D eigenvalue weighted by Crippen LogP contribution is 2.39. The van der Waals surface area contributed by atoms with Crippen molar-refractivity contribution >= 4 is 18.3 Å². The van der Waals surface area contributed by atoms with Crippen molar-refractivity contribution < 1.29 is 22.5 Å². The Balaban J connectivity index is 1.95. The number of hydrogen-bond acceptors (Lipinski definition) is 3. The lowest BCUT2D eigenvalue weighted by Crippen LogP contribution is -2.41. The van der Waals surface area contributed by atoms with Crippen LogP contribution in [0.25, 0.3) is 0 Å². The van der Waals surface area contributed by atoms with Crippen molar-refractivity contribution in [3.63, 3.8) is 0 Å². The highest BCUT2D eigenvalue weighted by molar-refractivity contribution is 6.62. The molecule has 3 rings (SSSR count). The summed E-state index contributed by atoms with van der Waals surface area (Å²) in [4.78, 5) is 1.83. The highest BCUT2D eigenvalue weighted by Gasteiger charge is 2.52. The van der Waals surface area contributed by atoms with Crippen LogP contribution in [0.5, 0.6) is 0 Å². The molecule has 2 aliphatic rings. The molecule has 0 spiro atoms. The molecule has 0 bridgehead atoms. The molecule has 0 N–H and O–H groups in total. The largest absolute Gasteiger partial charge is 0.494 e. The van der Waals surface area contributed by atoms with Gasteiger partial charge in [-0.3, -0.25) is 0 Å². The van der Waals surface area contributed by atoms with Crippen molar-refractivity contribution in [2.45, 2.75) is 64.3 Å². The van der Waals surface area contributed by atoms with Crippen LogP contribution in [0.2, 0.25) is 0 Å². The second-order valence-electron chi connectivity index (χ2n) is 7.91. The number of rotatable bonds is 2. The molecule has 138 valence electrons. The number of benzene rings is 1. The van der Waals surface area contributed by atoms with E-state index in [9.17, 15) is 13.2 Å². The molecule has 0 atom stereocenters. The van der Waals surface area contributed by atoms with E-state index in [2.05, 4.69) is 0 Å². The predicted octanol–water partition coefficient (Wildman–Crippen LogP) is 3.99. The van der Waals surface area contributed by atoms with Crippen LogP contribution in [-0.4, -0.2) is 31.4 Å². The molecule has 0 saturated carbocycles. The predicted molar refractivity (Wildman–Crippen MR) is 93.2 cm³/mol. The minimum absolute atomic E-state index is 0.257. The minimum Gasteiger partial charge on any atom is -0.399 e. The zero-order valence-electron chi connectivity index (χ0n) is 15.2. The number of halogens is 3. The van der Waals surface area contributed by atoms with Gasteiger partial charge in [-0.05, 0) is 64.6 Å². The summed E-state index contributed by atoms with van der Waals surface area (Å²) in [6, 6.07) is 4.45. The van der Waals surface area contributed by atoms with Gasteiger partial charge < -0.3 is 14.2 Å². The molecule has 0 radical (unpaired) electrons. The summed E-state index contributed by atoms with van der Waals surface area (Å²) >= 11 is 0. The van der Waals surface area contributed by atoms with E-state index < -0.39 is 30.1 Å². The van der Waals surface area contributed by atoms with Crippen molar-refractivity contribution in [3.8, 4) is 0 Å². The monoisotopic (exact) mass is 355 g/mol. The smallest absolute Gasteiger partial charge is 0.399 e. The average molecular weight is 355 g/mol. The molecule has 0 unspecified atom stereocenters. The lowest BCUT2D eigenvalue weighted by atomic mass is 9.78. The van der Waals surface area contributed by atoms with Gasteiger partial charge in [0.25, 0.3) is 0 Å². The SMILES string of the molecule is CC1(C)OB(c2ccc(N3CCCCC3)c(C(F)(F)F)c2)OC1(C)C. The summed E-state index contributed by atoms with van der Waals surface area (Å²) in [5.41, 5.74) is -1.11. The fourth-order valence-corrected chi connectivity index (χ4v) is 3.32. The van der Waals surface area contributed by atoms with Gasteiger partial charge in [0, 0.05) is 18.8 Å². The summed E-state index contributed by atoms with van der Waals surface area (Å²) in [6.07, 6.45) is -1.48. The fourth-order valence-electron chi connectivity index (χ4n) is 3.32. The van der Waals surface area contributed by atoms with Gasteiger partial charge in [0.15, 0.2) is 0 Å². The average Bonchev–Trinajstić information content (AvgIpc) is 2.75. The van der Waals surface area contributed by atoms with Crippen LogP contribution in [0.3, 0.4) is 0 Å². The molecule has 0 amide bonds. The fraction of sp³-hybridized carbons (Fsp3) is 0.667. The molecule has 3 nitrogen and oxygen atoms in total. The summed E-state index contributed by atoms with van der Waals surface area (Å²) in [7, 11) is -0.790. The van der Waals surface area contributed by atoms with Gasteiger partial charge in [-0.1, -0.05) is 6.07 Å². The molecular weight excluding hydrogens is 330 g/mol. The second-order valence-corrected chi connectivity index (χ2v) is 7.91. The molecule has 2 aliphatic heterocycles. The van der Waals surface area contributed by atoms with Gasteiger partial charge in [0.1, 0.15) is 0 Å². The van der Waals surface area contributed by atoms with Crippen molar-refractivity contribution in [1.82, 2.24) is 0 Å². The first kappa shape index (κ1) is 18.6. The first-order valence-corrected chi connectivity index (χ1v) is 8.83. The number of nitrogens with zero attached hydrogens (tertiary/aromatic N) is 1. The Kier molecular flexibility index (Phi) is 4.61. The van der Waals surface area contributed by atoms with Crippen LogP contribution < -0.4 is 10.4 Å². The third kappa shape index (κ3) is 3.54. The second kappa shape index (κ2) is 6.20. The zero-order chi connectivity index (χ0) is 18.5. The third-order valence-corrected chi connectivity index (χ3v) is 5.55. The summed E-state index contributed by atoms with van der Waals surface area (Å²) < 4.78 is 52.8. The topological polar surface area (TPSA) is 21.7 Å². The zero-order valence-corrected chi connectivity index (χ0v) is 15.2. The Bertz CT molecular complexity index is 624. The maximum absolute atomic E-state index is 13.7. The van der Waals surface area contributed by atoms with Gasteiger partial charge >= 0.3 is 13.3 Å². The lowest BCUT2D eigenvalue weighted by molar-refractivity contribution is -0.137. The Morgan fingerprint density at radius 1 is 0.960 bits per heavy atom. The van der Waals surface area contributed by atoms with Crippen LogP contribution in [0, 0.1) is 0 Å². The Hall–Kier alpha value is -1.21. The van der Waals surface area contributed by atoms with E-state index in [1.807, 2.05) is 32.6 Å². The molecule has 25 heavy (non-hydrogen) atoms. The van der Waals surface area contributed by atoms with E-state index in [4.69, 9.17) is 9.31 Å². The van der Waals surface area contributed by atoms with Gasteiger partial charge in [-0.2, -0.15) is 13.2 Å². The number of hydrogen-bond donors (Lipinski definition) is 0. The summed E-state index contributed by atoms with van der Waals surface area (Å²) in [5, 5.41) is 0. The first-order chi connectivity index (χ1) is 11.5. The molecule has 2 fully saturated rings. The number of alkyl halides is 3. The molecule has 1 aromatic rings. The van der Waals surface area contributed by atoms with Crippen LogP contribution in [0.4, 0.5) is 18.9 Å². The van der Waals surface area contributed by atoms with Crippen molar-refractivity contribution in [1.29, 1.82) is 0 Å². The summed E-state index contributed by atoms with van der Waals surface area (Å²) in [5.74, 6) is 0. The highest BCUT2D eigenvalue weighted by atomic mass is 19.4. The van der Waals surface area contributed by atoms with E-state index in [0.717, 1.165) is 19.3 Å². The molecule has 2 heterocycles. The van der Waals surface area contributed by atoms with E-state index >= 15 is 0 Å². The third-order valence-electron chi connectivity index (χ3n) is 5.55. The Morgan fingerprint density at radius 3 is 2.04 bits per heavy atom.